The third-order valence-electron chi connectivity index (χ3n) is 2.91. The second-order valence-electron chi connectivity index (χ2n) is 4.58. The van der Waals surface area contributed by atoms with Crippen LogP contribution in [-0.2, 0) is 13.0 Å². The first-order chi connectivity index (χ1) is 10.3. The third kappa shape index (κ3) is 6.70. The first kappa shape index (κ1) is 18.8. The highest BCUT2D eigenvalue weighted by atomic mass is 127. The van der Waals surface area contributed by atoms with E-state index in [9.17, 15) is 0 Å². The molecule has 120 valence electrons. The number of nitrogens with zero attached hydrogens (tertiary/aromatic N) is 1. The Hall–Kier alpha value is -1.21. The van der Waals surface area contributed by atoms with Gasteiger partial charge in [-0.15, -0.1) is 24.0 Å². The van der Waals surface area contributed by atoms with Crippen LogP contribution in [0.4, 0.5) is 0 Å². The summed E-state index contributed by atoms with van der Waals surface area (Å²) in [6.07, 6.45) is 2.55. The van der Waals surface area contributed by atoms with Gasteiger partial charge in [-0.2, -0.15) is 0 Å². The van der Waals surface area contributed by atoms with Crippen molar-refractivity contribution >= 4 is 41.5 Å². The predicted molar refractivity (Wildman–Crippen MR) is 102 cm³/mol. The number of hydrogen-bond donors (Lipinski definition) is 2. The van der Waals surface area contributed by atoms with Crippen LogP contribution in [0.1, 0.15) is 18.2 Å². The molecule has 0 aliphatic rings. The Morgan fingerprint density at radius 2 is 2.09 bits per heavy atom. The maximum absolute atomic E-state index is 5.98. The van der Waals surface area contributed by atoms with Crippen LogP contribution in [-0.4, -0.2) is 19.0 Å². The van der Waals surface area contributed by atoms with Crippen molar-refractivity contribution in [3.05, 3.63) is 59.0 Å². The summed E-state index contributed by atoms with van der Waals surface area (Å²) < 4.78 is 5.27. The van der Waals surface area contributed by atoms with Gasteiger partial charge >= 0.3 is 0 Å². The molecule has 0 atom stereocenters. The van der Waals surface area contributed by atoms with Crippen molar-refractivity contribution < 1.29 is 4.42 Å². The van der Waals surface area contributed by atoms with E-state index in [1.165, 1.54) is 5.56 Å². The molecule has 1 aromatic heterocycles. The lowest BCUT2D eigenvalue weighted by molar-refractivity contribution is 0.512. The van der Waals surface area contributed by atoms with Gasteiger partial charge in [-0.1, -0.05) is 23.7 Å². The van der Waals surface area contributed by atoms with E-state index in [1.807, 2.05) is 37.3 Å². The molecule has 0 amide bonds. The molecule has 0 spiro atoms. The van der Waals surface area contributed by atoms with Crippen LogP contribution >= 0.6 is 35.6 Å². The third-order valence-corrected chi connectivity index (χ3v) is 3.15. The Kier molecular flexibility index (Phi) is 9.00. The van der Waals surface area contributed by atoms with Gasteiger partial charge in [0.15, 0.2) is 5.96 Å². The number of furan rings is 1. The zero-order chi connectivity index (χ0) is 14.9. The standard InChI is InChI=1S/C16H20ClN3O.HI/c1-2-18-16(20-12-15-7-4-10-21-15)19-9-8-13-5-3-6-14(17)11-13;/h3-7,10-11H,2,8-9,12H2,1H3,(H2,18,19,20);1H. The molecule has 0 bridgehead atoms. The van der Waals surface area contributed by atoms with Crippen LogP contribution in [0.25, 0.3) is 0 Å². The highest BCUT2D eigenvalue weighted by Gasteiger charge is 2.00. The molecule has 2 N–H and O–H groups in total. The van der Waals surface area contributed by atoms with Crippen molar-refractivity contribution in [2.24, 2.45) is 4.99 Å². The Bertz CT molecular complexity index is 573. The number of halogens is 2. The molecule has 6 heteroatoms. The molecule has 0 radical (unpaired) electrons. The number of nitrogens with one attached hydrogen (secondary N) is 2. The smallest absolute Gasteiger partial charge is 0.191 e. The van der Waals surface area contributed by atoms with E-state index in [4.69, 9.17) is 16.0 Å². The molecule has 1 heterocycles. The van der Waals surface area contributed by atoms with Crippen LogP contribution in [0.5, 0.6) is 0 Å². The van der Waals surface area contributed by atoms with Crippen LogP contribution in [0.2, 0.25) is 5.02 Å². The summed E-state index contributed by atoms with van der Waals surface area (Å²) in [4.78, 5) is 4.48. The van der Waals surface area contributed by atoms with Crippen LogP contribution in [0.3, 0.4) is 0 Å². The van der Waals surface area contributed by atoms with Crippen molar-refractivity contribution in [3.63, 3.8) is 0 Å². The first-order valence-corrected chi connectivity index (χ1v) is 7.44. The monoisotopic (exact) mass is 433 g/mol. The summed E-state index contributed by atoms with van der Waals surface area (Å²) >= 11 is 5.98. The Morgan fingerprint density at radius 1 is 1.23 bits per heavy atom. The molecule has 0 unspecified atom stereocenters. The summed E-state index contributed by atoms with van der Waals surface area (Å²) in [6.45, 7) is 4.19. The van der Waals surface area contributed by atoms with E-state index < -0.39 is 0 Å². The zero-order valence-corrected chi connectivity index (χ0v) is 15.6. The van der Waals surface area contributed by atoms with Crippen LogP contribution in [0.15, 0.2) is 52.1 Å². The van der Waals surface area contributed by atoms with E-state index in [2.05, 4.69) is 21.7 Å². The summed E-state index contributed by atoms with van der Waals surface area (Å²) in [7, 11) is 0. The van der Waals surface area contributed by atoms with Gasteiger partial charge in [-0.05, 0) is 43.2 Å². The lowest BCUT2D eigenvalue weighted by Crippen LogP contribution is -2.38. The number of aliphatic imine (C=N–C) groups is 1. The minimum Gasteiger partial charge on any atom is -0.467 e. The van der Waals surface area contributed by atoms with Gasteiger partial charge in [0.05, 0.1) is 6.26 Å². The zero-order valence-electron chi connectivity index (χ0n) is 12.5. The van der Waals surface area contributed by atoms with Crippen molar-refractivity contribution in [1.82, 2.24) is 10.6 Å². The summed E-state index contributed by atoms with van der Waals surface area (Å²) in [5.74, 6) is 1.64. The largest absolute Gasteiger partial charge is 0.467 e. The lowest BCUT2D eigenvalue weighted by Gasteiger charge is -2.11. The SMILES string of the molecule is CCNC(=NCc1ccco1)NCCc1cccc(Cl)c1.I. The van der Waals surface area contributed by atoms with E-state index in [0.29, 0.717) is 6.54 Å². The lowest BCUT2D eigenvalue weighted by atomic mass is 10.1. The minimum absolute atomic E-state index is 0. The molecule has 0 saturated carbocycles. The van der Waals surface area contributed by atoms with E-state index >= 15 is 0 Å². The summed E-state index contributed by atoms with van der Waals surface area (Å²) in [5, 5.41) is 7.29. The van der Waals surface area contributed by atoms with Gasteiger partial charge in [-0.3, -0.25) is 0 Å². The molecule has 1 aromatic carbocycles. The molecular weight excluding hydrogens is 413 g/mol. The van der Waals surface area contributed by atoms with Gasteiger partial charge in [-0.25, -0.2) is 4.99 Å². The summed E-state index contributed by atoms with van der Waals surface area (Å²) in [5.41, 5.74) is 1.21. The topological polar surface area (TPSA) is 49.6 Å². The number of guanidine groups is 1. The molecule has 22 heavy (non-hydrogen) atoms. The average Bonchev–Trinajstić information content (AvgIpc) is 2.98. The van der Waals surface area contributed by atoms with Crippen LogP contribution < -0.4 is 10.6 Å². The Labute approximate surface area is 153 Å². The Balaban J connectivity index is 0.00000242. The highest BCUT2D eigenvalue weighted by Crippen LogP contribution is 2.10. The second kappa shape index (κ2) is 10.5. The molecule has 0 aliphatic carbocycles. The fourth-order valence-electron chi connectivity index (χ4n) is 1.92. The predicted octanol–water partition coefficient (Wildman–Crippen LogP) is 3.85. The Morgan fingerprint density at radius 3 is 2.77 bits per heavy atom. The molecule has 0 aliphatic heterocycles. The van der Waals surface area contributed by atoms with Crippen molar-refractivity contribution in [3.8, 4) is 0 Å². The van der Waals surface area contributed by atoms with Gasteiger partial charge in [0.2, 0.25) is 0 Å². The number of benzene rings is 1. The molecule has 2 rings (SSSR count). The van der Waals surface area contributed by atoms with Crippen LogP contribution in [0, 0.1) is 0 Å². The van der Waals surface area contributed by atoms with Crippen molar-refractivity contribution in [2.75, 3.05) is 13.1 Å². The molecule has 0 saturated heterocycles. The van der Waals surface area contributed by atoms with Gasteiger partial charge in [0.25, 0.3) is 0 Å². The number of rotatable bonds is 6. The maximum Gasteiger partial charge on any atom is 0.191 e. The van der Waals surface area contributed by atoms with Gasteiger partial charge in [0, 0.05) is 18.1 Å². The quantitative estimate of drug-likeness (QED) is 0.413. The van der Waals surface area contributed by atoms with E-state index in [-0.39, 0.29) is 24.0 Å². The highest BCUT2D eigenvalue weighted by molar-refractivity contribution is 14.0. The fourth-order valence-corrected chi connectivity index (χ4v) is 2.13. The van der Waals surface area contributed by atoms with Crippen molar-refractivity contribution in [1.29, 1.82) is 0 Å². The molecule has 4 nitrogen and oxygen atoms in total. The van der Waals surface area contributed by atoms with E-state index in [0.717, 1.165) is 36.3 Å². The van der Waals surface area contributed by atoms with Crippen molar-refractivity contribution in [2.45, 2.75) is 19.9 Å². The summed E-state index contributed by atoms with van der Waals surface area (Å²) in [6, 6.07) is 11.7. The second-order valence-corrected chi connectivity index (χ2v) is 5.02. The number of hydrogen-bond acceptors (Lipinski definition) is 2. The maximum atomic E-state index is 5.98. The molecular formula is C16H21ClIN3O. The van der Waals surface area contributed by atoms with Gasteiger partial charge < -0.3 is 15.1 Å². The normalized spacial score (nSPS) is 10.9. The van der Waals surface area contributed by atoms with Gasteiger partial charge in [0.1, 0.15) is 12.3 Å². The molecule has 2 aromatic rings. The first-order valence-electron chi connectivity index (χ1n) is 7.07. The fraction of sp³-hybridized carbons (Fsp3) is 0.312. The average molecular weight is 434 g/mol. The minimum atomic E-state index is 0. The van der Waals surface area contributed by atoms with E-state index in [1.54, 1.807) is 6.26 Å². The molecule has 0 fully saturated rings.